The average Bonchev–Trinajstić information content (AvgIpc) is 2.83. The number of methoxy groups -OCH3 is 1. The van der Waals surface area contributed by atoms with Crippen LogP contribution >= 0.6 is 0 Å². The summed E-state index contributed by atoms with van der Waals surface area (Å²) in [5, 5.41) is 0. The van der Waals surface area contributed by atoms with Crippen molar-refractivity contribution < 1.29 is 27.5 Å². The molecule has 178 valence electrons. The van der Waals surface area contributed by atoms with Gasteiger partial charge in [-0.3, -0.25) is 9.52 Å². The lowest BCUT2D eigenvalue weighted by molar-refractivity contribution is 0.0604. The number of nitrogens with one attached hydrogen (secondary N) is 1. The number of likely N-dealkylation sites (tertiary alicyclic amines) is 1. The molecule has 1 heterocycles. The van der Waals surface area contributed by atoms with Crippen molar-refractivity contribution in [1.29, 1.82) is 0 Å². The van der Waals surface area contributed by atoms with E-state index in [-0.39, 0.29) is 28.5 Å². The summed E-state index contributed by atoms with van der Waals surface area (Å²) in [5.41, 5.74) is 0.597. The van der Waals surface area contributed by atoms with Gasteiger partial charge in [0.1, 0.15) is 5.75 Å². The van der Waals surface area contributed by atoms with Crippen LogP contribution < -0.4 is 9.46 Å². The van der Waals surface area contributed by atoms with Gasteiger partial charge < -0.3 is 19.3 Å². The van der Waals surface area contributed by atoms with Gasteiger partial charge in [0.05, 0.1) is 24.3 Å². The lowest BCUT2D eigenvalue weighted by Crippen LogP contribution is -2.47. The molecule has 0 aliphatic carbocycles. The zero-order valence-corrected chi connectivity index (χ0v) is 19.8. The number of ether oxygens (including phenoxy) is 2. The summed E-state index contributed by atoms with van der Waals surface area (Å²) in [6, 6.07) is 12.6. The van der Waals surface area contributed by atoms with Crippen LogP contribution in [-0.4, -0.2) is 70.1 Å². The molecule has 10 heteroatoms. The number of hydrogen-bond donors (Lipinski definition) is 1. The minimum absolute atomic E-state index is 0.00938. The molecule has 0 bridgehead atoms. The lowest BCUT2D eigenvalue weighted by Gasteiger charge is -2.36. The van der Waals surface area contributed by atoms with Crippen LogP contribution in [0.5, 0.6) is 5.75 Å². The van der Waals surface area contributed by atoms with E-state index in [1.807, 2.05) is 0 Å². The topological polar surface area (TPSA) is 105 Å². The van der Waals surface area contributed by atoms with Gasteiger partial charge >= 0.3 is 6.09 Å². The Hall–Kier alpha value is -3.27. The van der Waals surface area contributed by atoms with E-state index in [0.29, 0.717) is 44.0 Å². The summed E-state index contributed by atoms with van der Waals surface area (Å²) >= 11 is 0. The fraction of sp³-hybridized carbons (Fsp3) is 0.391. The third-order valence-electron chi connectivity index (χ3n) is 5.60. The fourth-order valence-corrected chi connectivity index (χ4v) is 4.86. The van der Waals surface area contributed by atoms with Crippen molar-refractivity contribution in [1.82, 2.24) is 9.80 Å². The first kappa shape index (κ1) is 24.4. The van der Waals surface area contributed by atoms with Gasteiger partial charge in [-0.1, -0.05) is 18.2 Å². The number of carbonyl (C=O) groups excluding carboxylic acids is 2. The van der Waals surface area contributed by atoms with Gasteiger partial charge in [-0.15, -0.1) is 0 Å². The highest BCUT2D eigenvalue weighted by atomic mass is 32.2. The van der Waals surface area contributed by atoms with Crippen LogP contribution in [0.2, 0.25) is 0 Å². The molecule has 2 aromatic rings. The quantitative estimate of drug-likeness (QED) is 0.659. The van der Waals surface area contributed by atoms with E-state index in [1.54, 1.807) is 60.2 Å². The number of anilines is 1. The summed E-state index contributed by atoms with van der Waals surface area (Å²) in [7, 11) is -0.770. The van der Waals surface area contributed by atoms with Crippen molar-refractivity contribution in [3.8, 4) is 5.75 Å². The number of piperidine rings is 1. The molecule has 1 fully saturated rings. The van der Waals surface area contributed by atoms with Gasteiger partial charge in [0.15, 0.2) is 0 Å². The largest absolute Gasteiger partial charge is 0.495 e. The molecule has 1 aliphatic rings. The molecule has 3 rings (SSSR count). The summed E-state index contributed by atoms with van der Waals surface area (Å²) in [6.45, 7) is 2.99. The van der Waals surface area contributed by atoms with Gasteiger partial charge in [0.25, 0.3) is 15.9 Å². The Labute approximate surface area is 194 Å². The molecule has 0 radical (unpaired) electrons. The minimum atomic E-state index is -3.93. The van der Waals surface area contributed by atoms with E-state index in [1.165, 1.54) is 19.2 Å². The predicted octanol–water partition coefficient (Wildman–Crippen LogP) is 3.19. The van der Waals surface area contributed by atoms with E-state index in [0.717, 1.165) is 0 Å². The molecule has 1 saturated heterocycles. The Kier molecular flexibility index (Phi) is 7.80. The highest BCUT2D eigenvalue weighted by Gasteiger charge is 2.29. The SMILES string of the molecule is CCOC(=O)N(C)C1CCN(C(=O)c2cccc(S(=O)(=O)Nc3ccccc3OC)c2)CC1. The minimum Gasteiger partial charge on any atom is -0.495 e. The Morgan fingerprint density at radius 2 is 1.82 bits per heavy atom. The zero-order valence-electron chi connectivity index (χ0n) is 19.0. The molecular weight excluding hydrogens is 446 g/mol. The standard InChI is InChI=1S/C23H29N3O6S/c1-4-32-23(28)25(2)18-12-14-26(15-13-18)22(27)17-8-7-9-19(16-17)33(29,30)24-20-10-5-6-11-21(20)31-3/h5-11,16,18,24H,4,12-15H2,1-3H3. The first-order valence-corrected chi connectivity index (χ1v) is 12.2. The number of nitrogens with zero attached hydrogens (tertiary/aromatic N) is 2. The second-order valence-electron chi connectivity index (χ2n) is 7.67. The van der Waals surface area contributed by atoms with Gasteiger partial charge in [0.2, 0.25) is 0 Å². The molecule has 1 N–H and O–H groups in total. The van der Waals surface area contributed by atoms with Crippen LogP contribution in [0.25, 0.3) is 0 Å². The molecule has 0 saturated carbocycles. The van der Waals surface area contributed by atoms with Crippen molar-refractivity contribution >= 4 is 27.7 Å². The van der Waals surface area contributed by atoms with E-state index in [9.17, 15) is 18.0 Å². The monoisotopic (exact) mass is 475 g/mol. The zero-order chi connectivity index (χ0) is 24.0. The number of benzene rings is 2. The van der Waals surface area contributed by atoms with Gasteiger partial charge in [-0.2, -0.15) is 0 Å². The van der Waals surface area contributed by atoms with Crippen molar-refractivity contribution in [2.24, 2.45) is 0 Å². The van der Waals surface area contributed by atoms with Crippen LogP contribution in [0.4, 0.5) is 10.5 Å². The maximum absolute atomic E-state index is 13.0. The van der Waals surface area contributed by atoms with E-state index in [4.69, 9.17) is 9.47 Å². The number of carbonyl (C=O) groups is 2. The second kappa shape index (κ2) is 10.6. The molecule has 9 nitrogen and oxygen atoms in total. The number of rotatable bonds is 7. The van der Waals surface area contributed by atoms with Crippen molar-refractivity contribution in [2.45, 2.75) is 30.7 Å². The Morgan fingerprint density at radius 1 is 1.12 bits per heavy atom. The number of hydrogen-bond acceptors (Lipinski definition) is 6. The van der Waals surface area contributed by atoms with Gasteiger partial charge in [-0.05, 0) is 50.1 Å². The van der Waals surface area contributed by atoms with Crippen LogP contribution in [0, 0.1) is 0 Å². The highest BCUT2D eigenvalue weighted by molar-refractivity contribution is 7.92. The summed E-state index contributed by atoms with van der Waals surface area (Å²) in [4.78, 5) is 28.2. The van der Waals surface area contributed by atoms with Crippen LogP contribution in [0.3, 0.4) is 0 Å². The van der Waals surface area contributed by atoms with E-state index in [2.05, 4.69) is 4.72 Å². The molecule has 1 aliphatic heterocycles. The van der Waals surface area contributed by atoms with E-state index < -0.39 is 10.0 Å². The number of para-hydroxylation sites is 2. The molecule has 2 aromatic carbocycles. The summed E-state index contributed by atoms with van der Waals surface area (Å²) in [6.07, 6.45) is 0.866. The van der Waals surface area contributed by atoms with Crippen molar-refractivity contribution in [3.05, 3.63) is 54.1 Å². The third-order valence-corrected chi connectivity index (χ3v) is 6.96. The Bertz CT molecular complexity index is 1100. The summed E-state index contributed by atoms with van der Waals surface area (Å²) in [5.74, 6) is 0.144. The lowest BCUT2D eigenvalue weighted by atomic mass is 10.0. The normalized spacial score (nSPS) is 14.5. The predicted molar refractivity (Wildman–Crippen MR) is 124 cm³/mol. The first-order chi connectivity index (χ1) is 15.8. The second-order valence-corrected chi connectivity index (χ2v) is 9.35. The molecule has 0 atom stereocenters. The fourth-order valence-electron chi connectivity index (χ4n) is 3.74. The Morgan fingerprint density at radius 3 is 2.48 bits per heavy atom. The first-order valence-electron chi connectivity index (χ1n) is 10.7. The Balaban J connectivity index is 1.69. The van der Waals surface area contributed by atoms with Gasteiger partial charge in [-0.25, -0.2) is 13.2 Å². The summed E-state index contributed by atoms with van der Waals surface area (Å²) < 4.78 is 38.6. The molecule has 33 heavy (non-hydrogen) atoms. The molecular formula is C23H29N3O6S. The van der Waals surface area contributed by atoms with Crippen LogP contribution in [-0.2, 0) is 14.8 Å². The number of sulfonamides is 1. The molecule has 2 amide bonds. The third kappa shape index (κ3) is 5.75. The van der Waals surface area contributed by atoms with Crippen LogP contribution in [0.1, 0.15) is 30.1 Å². The average molecular weight is 476 g/mol. The molecule has 0 unspecified atom stereocenters. The van der Waals surface area contributed by atoms with Crippen molar-refractivity contribution in [2.75, 3.05) is 38.6 Å². The van der Waals surface area contributed by atoms with Gasteiger partial charge in [0, 0.05) is 31.7 Å². The highest BCUT2D eigenvalue weighted by Crippen LogP contribution is 2.27. The number of amides is 2. The molecule has 0 aromatic heterocycles. The maximum atomic E-state index is 13.0. The molecule has 0 spiro atoms. The van der Waals surface area contributed by atoms with E-state index >= 15 is 0 Å². The smallest absolute Gasteiger partial charge is 0.409 e. The maximum Gasteiger partial charge on any atom is 0.409 e. The van der Waals surface area contributed by atoms with Crippen molar-refractivity contribution in [3.63, 3.8) is 0 Å². The van der Waals surface area contributed by atoms with Crippen LogP contribution in [0.15, 0.2) is 53.4 Å².